The summed E-state index contributed by atoms with van der Waals surface area (Å²) in [5.41, 5.74) is 8.94. The van der Waals surface area contributed by atoms with Crippen molar-refractivity contribution in [3.05, 3.63) is 65.5 Å². The van der Waals surface area contributed by atoms with E-state index in [4.69, 9.17) is 5.73 Å². The number of amides is 1. The summed E-state index contributed by atoms with van der Waals surface area (Å²) in [5, 5.41) is 4.84. The van der Waals surface area contributed by atoms with Crippen molar-refractivity contribution in [2.75, 3.05) is 48.8 Å². The number of rotatable bonds is 8. The maximum Gasteiger partial charge on any atom is 0.255 e. The van der Waals surface area contributed by atoms with Gasteiger partial charge in [0.1, 0.15) is 0 Å². The van der Waals surface area contributed by atoms with Crippen LogP contribution < -0.4 is 15.4 Å². The number of nitrogen functional groups attached to an aromatic ring is 1. The summed E-state index contributed by atoms with van der Waals surface area (Å²) < 4.78 is 25.7. The van der Waals surface area contributed by atoms with E-state index in [1.165, 1.54) is 10.6 Å². The van der Waals surface area contributed by atoms with Crippen molar-refractivity contribution in [2.24, 2.45) is 0 Å². The Labute approximate surface area is 187 Å². The van der Waals surface area contributed by atoms with Crippen LogP contribution in [0.25, 0.3) is 10.4 Å². The van der Waals surface area contributed by atoms with Crippen molar-refractivity contribution in [1.82, 2.24) is 4.90 Å². The fraction of sp³-hybridized carbons (Fsp3) is 0.227. The van der Waals surface area contributed by atoms with Crippen molar-refractivity contribution in [1.29, 1.82) is 0 Å². The Morgan fingerprint density at radius 2 is 1.77 bits per heavy atom. The van der Waals surface area contributed by atoms with Crippen LogP contribution in [0, 0.1) is 0 Å². The van der Waals surface area contributed by atoms with Gasteiger partial charge >= 0.3 is 0 Å². The second-order valence-corrected chi connectivity index (χ2v) is 10.3. The van der Waals surface area contributed by atoms with Gasteiger partial charge < -0.3 is 16.0 Å². The van der Waals surface area contributed by atoms with Gasteiger partial charge in [-0.1, -0.05) is 12.1 Å². The summed E-state index contributed by atoms with van der Waals surface area (Å²) in [6, 6.07) is 16.0. The molecule has 9 heteroatoms. The molecule has 0 bridgehead atoms. The Bertz CT molecular complexity index is 1140. The van der Waals surface area contributed by atoms with Crippen molar-refractivity contribution in [3.63, 3.8) is 0 Å². The van der Waals surface area contributed by atoms with Gasteiger partial charge in [0.15, 0.2) is 0 Å². The van der Waals surface area contributed by atoms with E-state index < -0.39 is 10.0 Å². The van der Waals surface area contributed by atoms with Gasteiger partial charge in [-0.2, -0.15) is 0 Å². The van der Waals surface area contributed by atoms with E-state index in [-0.39, 0.29) is 5.91 Å². The van der Waals surface area contributed by atoms with Crippen molar-refractivity contribution in [2.45, 2.75) is 0 Å². The molecular formula is C22H26N4O3S2. The third-order valence-electron chi connectivity index (χ3n) is 4.68. The molecule has 0 aliphatic heterocycles. The monoisotopic (exact) mass is 458 g/mol. The first-order valence-electron chi connectivity index (χ1n) is 9.62. The first-order valence-corrected chi connectivity index (χ1v) is 12.3. The minimum atomic E-state index is -3.44. The number of hydrogen-bond acceptors (Lipinski definition) is 6. The number of sulfonamides is 1. The number of thiophene rings is 1. The van der Waals surface area contributed by atoms with Gasteiger partial charge in [-0.15, -0.1) is 11.3 Å². The van der Waals surface area contributed by atoms with Crippen LogP contribution in [-0.2, 0) is 10.0 Å². The maximum absolute atomic E-state index is 12.8. The summed E-state index contributed by atoms with van der Waals surface area (Å²) in [4.78, 5) is 15.7. The lowest BCUT2D eigenvalue weighted by Crippen LogP contribution is -2.36. The second kappa shape index (κ2) is 9.51. The number of nitrogens with one attached hydrogen (secondary N) is 1. The highest BCUT2D eigenvalue weighted by Crippen LogP contribution is 2.30. The van der Waals surface area contributed by atoms with E-state index in [0.29, 0.717) is 35.7 Å². The third-order valence-corrected chi connectivity index (χ3v) is 6.79. The average Bonchev–Trinajstić information content (AvgIpc) is 3.24. The number of nitrogens with two attached hydrogens (primary N) is 1. The Morgan fingerprint density at radius 1 is 1.06 bits per heavy atom. The fourth-order valence-corrected chi connectivity index (χ4v) is 4.65. The summed E-state index contributed by atoms with van der Waals surface area (Å²) in [6.45, 7) is 0.901. The first-order chi connectivity index (χ1) is 14.6. The smallest absolute Gasteiger partial charge is 0.255 e. The molecule has 0 aliphatic carbocycles. The Kier molecular flexibility index (Phi) is 6.99. The summed E-state index contributed by atoms with van der Waals surface area (Å²) in [7, 11) is 0.327. The van der Waals surface area contributed by atoms with E-state index in [1.807, 2.05) is 48.6 Å². The Hall–Kier alpha value is -2.88. The van der Waals surface area contributed by atoms with Crippen LogP contribution >= 0.6 is 11.3 Å². The molecule has 0 unspecified atom stereocenters. The lowest BCUT2D eigenvalue weighted by atomic mass is 10.1. The van der Waals surface area contributed by atoms with E-state index in [1.54, 1.807) is 41.7 Å². The molecule has 0 atom stereocenters. The fourth-order valence-electron chi connectivity index (χ4n) is 3.01. The number of likely N-dealkylation sites (N-methyl/N-ethyl adjacent to an activating group) is 1. The van der Waals surface area contributed by atoms with Gasteiger partial charge in [-0.25, -0.2) is 8.42 Å². The summed E-state index contributed by atoms with van der Waals surface area (Å²) in [5.74, 6) is -0.319. The number of carbonyl (C=O) groups is 1. The molecule has 1 heterocycles. The molecule has 3 N–H and O–H groups in total. The molecule has 1 amide bonds. The first kappa shape index (κ1) is 22.8. The molecule has 3 rings (SSSR count). The van der Waals surface area contributed by atoms with Crippen molar-refractivity contribution >= 4 is 44.3 Å². The molecule has 31 heavy (non-hydrogen) atoms. The van der Waals surface area contributed by atoms with Crippen LogP contribution in [0.15, 0.2) is 60.0 Å². The zero-order valence-corrected chi connectivity index (χ0v) is 19.3. The van der Waals surface area contributed by atoms with Crippen LogP contribution in [0.5, 0.6) is 0 Å². The average molecular weight is 459 g/mol. The summed E-state index contributed by atoms with van der Waals surface area (Å²) in [6.07, 6.45) is 1.17. The second-order valence-electron chi connectivity index (χ2n) is 7.42. The molecule has 164 valence electrons. The van der Waals surface area contributed by atoms with E-state index in [9.17, 15) is 13.2 Å². The molecule has 0 saturated carbocycles. The zero-order valence-electron chi connectivity index (χ0n) is 17.7. The lowest BCUT2D eigenvalue weighted by Gasteiger charge is -2.24. The Morgan fingerprint density at radius 3 is 2.35 bits per heavy atom. The predicted octanol–water partition coefficient (Wildman–Crippen LogP) is 3.58. The molecule has 0 fully saturated rings. The number of carbonyl (C=O) groups excluding carboxylic acids is 1. The quantitative estimate of drug-likeness (QED) is 0.503. The standard InChI is InChI=1S/C22H26N4O3S2/c1-25(2)12-13-26(31(3,28)29)18-9-6-16(7-10-18)22(27)24-20-15-17(8-11-19(20)23)21-5-4-14-30-21/h4-11,14-15H,12-13,23H2,1-3H3,(H,24,27). The highest BCUT2D eigenvalue weighted by molar-refractivity contribution is 7.92. The van der Waals surface area contributed by atoms with Crippen LogP contribution in [0.2, 0.25) is 0 Å². The molecule has 0 spiro atoms. The van der Waals surface area contributed by atoms with Crippen LogP contribution in [0.4, 0.5) is 17.1 Å². The van der Waals surface area contributed by atoms with Crippen LogP contribution in [0.1, 0.15) is 10.4 Å². The largest absolute Gasteiger partial charge is 0.397 e. The minimum Gasteiger partial charge on any atom is -0.397 e. The van der Waals surface area contributed by atoms with Crippen LogP contribution in [0.3, 0.4) is 0 Å². The van der Waals surface area contributed by atoms with Crippen LogP contribution in [-0.4, -0.2) is 52.7 Å². The maximum atomic E-state index is 12.8. The summed E-state index contributed by atoms with van der Waals surface area (Å²) >= 11 is 1.61. The van der Waals surface area contributed by atoms with Gasteiger partial charge in [-0.3, -0.25) is 9.10 Å². The van der Waals surface area contributed by atoms with Gasteiger partial charge in [0.05, 0.1) is 23.3 Å². The minimum absolute atomic E-state index is 0.319. The number of nitrogens with zero attached hydrogens (tertiary/aromatic N) is 2. The lowest BCUT2D eigenvalue weighted by molar-refractivity contribution is 0.102. The topological polar surface area (TPSA) is 95.7 Å². The highest BCUT2D eigenvalue weighted by Gasteiger charge is 2.18. The molecular weight excluding hydrogens is 432 g/mol. The van der Waals surface area contributed by atoms with Gasteiger partial charge in [0, 0.05) is 23.5 Å². The predicted molar refractivity (Wildman–Crippen MR) is 129 cm³/mol. The Balaban J connectivity index is 1.78. The van der Waals surface area contributed by atoms with Crippen molar-refractivity contribution < 1.29 is 13.2 Å². The van der Waals surface area contributed by atoms with Gasteiger partial charge in [0.2, 0.25) is 10.0 Å². The highest BCUT2D eigenvalue weighted by atomic mass is 32.2. The number of anilines is 3. The zero-order chi connectivity index (χ0) is 22.6. The number of benzene rings is 2. The molecule has 1 aromatic heterocycles. The molecule has 0 saturated heterocycles. The van der Waals surface area contributed by atoms with E-state index in [2.05, 4.69) is 5.32 Å². The normalized spacial score (nSPS) is 11.5. The van der Waals surface area contributed by atoms with Gasteiger partial charge in [0.25, 0.3) is 5.91 Å². The van der Waals surface area contributed by atoms with E-state index >= 15 is 0 Å². The third kappa shape index (κ3) is 5.84. The number of hydrogen-bond donors (Lipinski definition) is 2. The van der Waals surface area contributed by atoms with Crippen molar-refractivity contribution in [3.8, 4) is 10.4 Å². The molecule has 0 aliphatic rings. The molecule has 2 aromatic carbocycles. The molecule has 7 nitrogen and oxygen atoms in total. The van der Waals surface area contributed by atoms with Gasteiger partial charge in [-0.05, 0) is 67.5 Å². The SMILES string of the molecule is CN(C)CCN(c1ccc(C(=O)Nc2cc(-c3cccs3)ccc2N)cc1)S(C)(=O)=O. The molecule has 3 aromatic rings. The van der Waals surface area contributed by atoms with E-state index in [0.717, 1.165) is 10.4 Å². The molecule has 0 radical (unpaired) electrons.